The molecule has 0 spiro atoms. The highest BCUT2D eigenvalue weighted by Gasteiger charge is 2.38. The Morgan fingerprint density at radius 1 is 1.38 bits per heavy atom. The molecular formula is C10H13NO2. The lowest BCUT2D eigenvalue weighted by Gasteiger charge is -2.03. The zero-order chi connectivity index (χ0) is 9.42. The largest absolute Gasteiger partial charge is 0.508 e. The molecular weight excluding hydrogens is 166 g/mol. The Hall–Kier alpha value is -1.22. The molecule has 1 aromatic carbocycles. The van der Waals surface area contributed by atoms with Crippen molar-refractivity contribution in [3.05, 3.63) is 23.8 Å². The molecule has 1 saturated carbocycles. The van der Waals surface area contributed by atoms with Crippen LogP contribution in [0, 0.1) is 5.92 Å². The Balaban J connectivity index is 2.22. The minimum Gasteiger partial charge on any atom is -0.508 e. The molecule has 0 amide bonds. The van der Waals surface area contributed by atoms with Gasteiger partial charge in [0, 0.05) is 6.07 Å². The fourth-order valence-electron chi connectivity index (χ4n) is 1.73. The zero-order valence-corrected chi connectivity index (χ0v) is 7.27. The van der Waals surface area contributed by atoms with Crippen molar-refractivity contribution < 1.29 is 10.2 Å². The van der Waals surface area contributed by atoms with Crippen molar-refractivity contribution in [3.63, 3.8) is 0 Å². The summed E-state index contributed by atoms with van der Waals surface area (Å²) in [5, 5.41) is 18.6. The number of phenols is 2. The lowest BCUT2D eigenvalue weighted by molar-refractivity contribution is 0.445. The predicted octanol–water partition coefficient (Wildman–Crippen LogP) is 1.16. The van der Waals surface area contributed by atoms with E-state index in [9.17, 15) is 5.11 Å². The Morgan fingerprint density at radius 2 is 2.15 bits per heavy atom. The van der Waals surface area contributed by atoms with Crippen LogP contribution in [0.25, 0.3) is 0 Å². The number of rotatable bonds is 2. The molecule has 3 nitrogen and oxygen atoms in total. The Kier molecular flexibility index (Phi) is 1.88. The average Bonchev–Trinajstić information content (AvgIpc) is 2.83. The highest BCUT2D eigenvalue weighted by atomic mass is 16.3. The van der Waals surface area contributed by atoms with Crippen molar-refractivity contribution in [2.75, 3.05) is 6.54 Å². The van der Waals surface area contributed by atoms with Crippen LogP contribution in [0.4, 0.5) is 0 Å². The third kappa shape index (κ3) is 1.47. The molecule has 0 heterocycles. The van der Waals surface area contributed by atoms with Gasteiger partial charge in [-0.15, -0.1) is 0 Å². The van der Waals surface area contributed by atoms with Gasteiger partial charge in [-0.25, -0.2) is 0 Å². The molecule has 1 aromatic rings. The van der Waals surface area contributed by atoms with Crippen LogP contribution in [0.1, 0.15) is 17.9 Å². The highest BCUT2D eigenvalue weighted by Crippen LogP contribution is 2.49. The van der Waals surface area contributed by atoms with Crippen LogP contribution < -0.4 is 5.73 Å². The molecule has 13 heavy (non-hydrogen) atoms. The quantitative estimate of drug-likeness (QED) is 0.638. The number of hydrogen-bond donors (Lipinski definition) is 3. The molecule has 4 N–H and O–H groups in total. The number of aromatic hydroxyl groups is 2. The molecule has 1 aliphatic carbocycles. The maximum atomic E-state index is 9.51. The molecule has 0 bridgehead atoms. The molecule has 3 heteroatoms. The van der Waals surface area contributed by atoms with Crippen LogP contribution in [0.15, 0.2) is 18.2 Å². The van der Waals surface area contributed by atoms with Crippen molar-refractivity contribution in [3.8, 4) is 11.5 Å². The van der Waals surface area contributed by atoms with Gasteiger partial charge in [0.2, 0.25) is 0 Å². The first-order chi connectivity index (χ1) is 6.22. The summed E-state index contributed by atoms with van der Waals surface area (Å²) in [6, 6.07) is 4.74. The van der Waals surface area contributed by atoms with E-state index in [1.165, 1.54) is 6.07 Å². The van der Waals surface area contributed by atoms with Gasteiger partial charge in [0.05, 0.1) is 0 Å². The molecule has 2 unspecified atom stereocenters. The fraction of sp³-hybridized carbons (Fsp3) is 0.400. The topological polar surface area (TPSA) is 66.5 Å². The van der Waals surface area contributed by atoms with E-state index in [0.29, 0.717) is 18.4 Å². The summed E-state index contributed by atoms with van der Waals surface area (Å²) < 4.78 is 0. The van der Waals surface area contributed by atoms with Gasteiger partial charge in [0.15, 0.2) is 0 Å². The van der Waals surface area contributed by atoms with Gasteiger partial charge in [-0.2, -0.15) is 0 Å². The summed E-state index contributed by atoms with van der Waals surface area (Å²) >= 11 is 0. The first-order valence-corrected chi connectivity index (χ1v) is 4.44. The van der Waals surface area contributed by atoms with Crippen LogP contribution in [0.3, 0.4) is 0 Å². The third-order valence-electron chi connectivity index (χ3n) is 2.64. The second-order valence-electron chi connectivity index (χ2n) is 3.58. The zero-order valence-electron chi connectivity index (χ0n) is 7.27. The molecule has 1 fully saturated rings. The molecule has 0 aliphatic heterocycles. The van der Waals surface area contributed by atoms with E-state index in [2.05, 4.69) is 0 Å². The monoisotopic (exact) mass is 179 g/mol. The summed E-state index contributed by atoms with van der Waals surface area (Å²) in [6.07, 6.45) is 1.05. The highest BCUT2D eigenvalue weighted by molar-refractivity contribution is 5.43. The van der Waals surface area contributed by atoms with Gasteiger partial charge >= 0.3 is 0 Å². The molecule has 70 valence electrons. The standard InChI is InChI=1S/C10H13NO2/c11-5-6-3-9(6)8-2-1-7(12)4-10(8)13/h1-2,4,6,9,12-13H,3,5,11H2. The summed E-state index contributed by atoms with van der Waals surface area (Å²) in [5.74, 6) is 1.19. The second-order valence-corrected chi connectivity index (χ2v) is 3.58. The molecule has 2 rings (SSSR count). The molecule has 0 aromatic heterocycles. The minimum absolute atomic E-state index is 0.103. The Bertz CT molecular complexity index is 325. The van der Waals surface area contributed by atoms with E-state index < -0.39 is 0 Å². The van der Waals surface area contributed by atoms with E-state index >= 15 is 0 Å². The van der Waals surface area contributed by atoms with Crippen molar-refractivity contribution in [2.24, 2.45) is 11.7 Å². The Labute approximate surface area is 76.8 Å². The maximum Gasteiger partial charge on any atom is 0.122 e. The lowest BCUT2D eigenvalue weighted by atomic mass is 10.1. The average molecular weight is 179 g/mol. The Morgan fingerprint density at radius 3 is 2.69 bits per heavy atom. The fourth-order valence-corrected chi connectivity index (χ4v) is 1.73. The van der Waals surface area contributed by atoms with Crippen molar-refractivity contribution >= 4 is 0 Å². The van der Waals surface area contributed by atoms with Crippen LogP contribution in [0.5, 0.6) is 11.5 Å². The number of phenolic OH excluding ortho intramolecular Hbond substituents is 2. The van der Waals surface area contributed by atoms with Crippen LogP contribution in [0.2, 0.25) is 0 Å². The van der Waals surface area contributed by atoms with Crippen molar-refractivity contribution in [1.29, 1.82) is 0 Å². The second kappa shape index (κ2) is 2.92. The number of benzene rings is 1. The molecule has 0 saturated heterocycles. The van der Waals surface area contributed by atoms with Crippen LogP contribution in [-0.4, -0.2) is 16.8 Å². The minimum atomic E-state index is 0.103. The van der Waals surface area contributed by atoms with Gasteiger partial charge < -0.3 is 15.9 Å². The smallest absolute Gasteiger partial charge is 0.122 e. The summed E-state index contributed by atoms with van der Waals surface area (Å²) in [4.78, 5) is 0. The molecule has 1 aliphatic rings. The van der Waals surface area contributed by atoms with Gasteiger partial charge in [-0.3, -0.25) is 0 Å². The van der Waals surface area contributed by atoms with Gasteiger partial charge in [0.1, 0.15) is 11.5 Å². The summed E-state index contributed by atoms with van der Waals surface area (Å²) in [6.45, 7) is 0.672. The first kappa shape index (κ1) is 8.38. The summed E-state index contributed by atoms with van der Waals surface area (Å²) in [5.41, 5.74) is 6.42. The third-order valence-corrected chi connectivity index (χ3v) is 2.64. The van der Waals surface area contributed by atoms with Gasteiger partial charge in [0.25, 0.3) is 0 Å². The lowest BCUT2D eigenvalue weighted by Crippen LogP contribution is -2.01. The predicted molar refractivity (Wildman–Crippen MR) is 49.7 cm³/mol. The van der Waals surface area contributed by atoms with Crippen molar-refractivity contribution in [1.82, 2.24) is 0 Å². The van der Waals surface area contributed by atoms with E-state index in [4.69, 9.17) is 10.8 Å². The normalized spacial score (nSPS) is 25.9. The van der Waals surface area contributed by atoms with Crippen LogP contribution in [-0.2, 0) is 0 Å². The van der Waals surface area contributed by atoms with Crippen molar-refractivity contribution in [2.45, 2.75) is 12.3 Å². The SMILES string of the molecule is NCC1CC1c1ccc(O)cc1O. The van der Waals surface area contributed by atoms with E-state index in [1.54, 1.807) is 12.1 Å². The van der Waals surface area contributed by atoms with E-state index in [0.717, 1.165) is 12.0 Å². The van der Waals surface area contributed by atoms with Gasteiger partial charge in [-0.1, -0.05) is 6.07 Å². The first-order valence-electron chi connectivity index (χ1n) is 4.44. The number of nitrogens with two attached hydrogens (primary N) is 1. The van der Waals surface area contributed by atoms with E-state index in [1.807, 2.05) is 0 Å². The van der Waals surface area contributed by atoms with E-state index in [-0.39, 0.29) is 11.5 Å². The van der Waals surface area contributed by atoms with Gasteiger partial charge in [-0.05, 0) is 36.4 Å². The molecule has 0 radical (unpaired) electrons. The maximum absolute atomic E-state index is 9.51. The van der Waals surface area contributed by atoms with Crippen LogP contribution >= 0.6 is 0 Å². The molecule has 2 atom stereocenters. The summed E-state index contributed by atoms with van der Waals surface area (Å²) in [7, 11) is 0. The number of hydrogen-bond acceptors (Lipinski definition) is 3.